The molecule has 0 bridgehead atoms. The summed E-state index contributed by atoms with van der Waals surface area (Å²) in [4.78, 5) is 24.8. The maximum Gasteiger partial charge on any atom is 0.196 e. The van der Waals surface area contributed by atoms with Gasteiger partial charge in [-0.15, -0.1) is 0 Å². The van der Waals surface area contributed by atoms with E-state index in [4.69, 9.17) is 11.6 Å². The van der Waals surface area contributed by atoms with Crippen LogP contribution in [0.25, 0.3) is 0 Å². The van der Waals surface area contributed by atoms with Crippen LogP contribution in [-0.2, 0) is 0 Å². The summed E-state index contributed by atoms with van der Waals surface area (Å²) in [7, 11) is 0. The molecule has 0 N–H and O–H groups in total. The molecule has 18 heavy (non-hydrogen) atoms. The summed E-state index contributed by atoms with van der Waals surface area (Å²) < 4.78 is 0. The quantitative estimate of drug-likeness (QED) is 0.618. The molecule has 2 aromatic carbocycles. The highest BCUT2D eigenvalue weighted by Crippen LogP contribution is 2.32. The zero-order valence-corrected chi connectivity index (χ0v) is 10.4. The van der Waals surface area contributed by atoms with Crippen LogP contribution in [0, 0.1) is 6.92 Å². The number of carbonyl (C=O) groups excluding carboxylic acids is 2. The molecule has 0 saturated heterocycles. The van der Waals surface area contributed by atoms with Gasteiger partial charge in [0.2, 0.25) is 0 Å². The third kappa shape index (κ3) is 1.36. The first kappa shape index (κ1) is 11.2. The van der Waals surface area contributed by atoms with E-state index in [1.165, 1.54) is 0 Å². The molecule has 1 aliphatic rings. The molecule has 2 aromatic rings. The third-order valence-electron chi connectivity index (χ3n) is 3.23. The maximum absolute atomic E-state index is 12.4. The van der Waals surface area contributed by atoms with Gasteiger partial charge in [-0.1, -0.05) is 41.9 Å². The fourth-order valence-corrected chi connectivity index (χ4v) is 2.63. The van der Waals surface area contributed by atoms with Crippen molar-refractivity contribution in [2.45, 2.75) is 6.92 Å². The van der Waals surface area contributed by atoms with E-state index in [1.807, 2.05) is 13.0 Å². The summed E-state index contributed by atoms with van der Waals surface area (Å²) in [6.07, 6.45) is 0. The molecule has 0 heterocycles. The Bertz CT molecular complexity index is 640. The van der Waals surface area contributed by atoms with Crippen molar-refractivity contribution < 1.29 is 9.59 Å². The summed E-state index contributed by atoms with van der Waals surface area (Å²) in [5, 5.41) is 0.331. The summed E-state index contributed by atoms with van der Waals surface area (Å²) >= 11 is 6.04. The second-order valence-electron chi connectivity index (χ2n) is 4.32. The molecule has 3 rings (SSSR count). The van der Waals surface area contributed by atoms with E-state index in [1.54, 1.807) is 30.3 Å². The predicted octanol–water partition coefficient (Wildman–Crippen LogP) is 3.42. The molecular weight excluding hydrogens is 248 g/mol. The molecule has 0 atom stereocenters. The molecule has 0 amide bonds. The van der Waals surface area contributed by atoms with E-state index in [9.17, 15) is 9.59 Å². The third-order valence-corrected chi connectivity index (χ3v) is 3.54. The average molecular weight is 257 g/mol. The number of ketones is 2. The topological polar surface area (TPSA) is 34.1 Å². The minimum Gasteiger partial charge on any atom is -0.289 e. The van der Waals surface area contributed by atoms with Crippen LogP contribution in [0.3, 0.4) is 0 Å². The van der Waals surface area contributed by atoms with Gasteiger partial charge in [-0.3, -0.25) is 9.59 Å². The molecule has 0 radical (unpaired) electrons. The van der Waals surface area contributed by atoms with Gasteiger partial charge in [-0.05, 0) is 18.6 Å². The fourth-order valence-electron chi connectivity index (χ4n) is 2.37. The van der Waals surface area contributed by atoms with E-state index >= 15 is 0 Å². The van der Waals surface area contributed by atoms with Gasteiger partial charge >= 0.3 is 0 Å². The zero-order chi connectivity index (χ0) is 12.9. The molecule has 0 aromatic heterocycles. The van der Waals surface area contributed by atoms with Crippen LogP contribution in [-0.4, -0.2) is 11.6 Å². The molecule has 3 heteroatoms. The number of rotatable bonds is 0. The first-order chi connectivity index (χ1) is 8.61. The van der Waals surface area contributed by atoms with Crippen LogP contribution >= 0.6 is 11.6 Å². The monoisotopic (exact) mass is 256 g/mol. The lowest BCUT2D eigenvalue weighted by Crippen LogP contribution is -2.22. The van der Waals surface area contributed by atoms with Crippen LogP contribution < -0.4 is 0 Å². The highest BCUT2D eigenvalue weighted by atomic mass is 35.5. The zero-order valence-electron chi connectivity index (χ0n) is 9.66. The number of carbonyl (C=O) groups is 2. The van der Waals surface area contributed by atoms with E-state index < -0.39 is 0 Å². The Morgan fingerprint density at radius 1 is 0.833 bits per heavy atom. The smallest absolute Gasteiger partial charge is 0.196 e. The Balaban J connectivity index is 2.40. The molecule has 2 nitrogen and oxygen atoms in total. The Morgan fingerprint density at radius 3 is 2.11 bits per heavy atom. The van der Waals surface area contributed by atoms with E-state index in [-0.39, 0.29) is 11.6 Å². The van der Waals surface area contributed by atoms with Gasteiger partial charge in [-0.2, -0.15) is 0 Å². The number of fused-ring (bicyclic) bond motifs is 2. The van der Waals surface area contributed by atoms with Gasteiger partial charge in [0.05, 0.1) is 10.6 Å². The largest absolute Gasteiger partial charge is 0.289 e. The van der Waals surface area contributed by atoms with Crippen LogP contribution in [0.1, 0.15) is 37.4 Å². The lowest BCUT2D eigenvalue weighted by atomic mass is 9.82. The number of hydrogen-bond acceptors (Lipinski definition) is 2. The number of benzene rings is 2. The average Bonchev–Trinajstić information content (AvgIpc) is 2.35. The van der Waals surface area contributed by atoms with Crippen molar-refractivity contribution >= 4 is 23.2 Å². The van der Waals surface area contributed by atoms with E-state index in [0.717, 1.165) is 5.56 Å². The van der Waals surface area contributed by atoms with Crippen molar-refractivity contribution in [2.75, 3.05) is 0 Å². The van der Waals surface area contributed by atoms with Gasteiger partial charge in [0.15, 0.2) is 11.6 Å². The van der Waals surface area contributed by atoms with Crippen LogP contribution in [0.2, 0.25) is 5.02 Å². The van der Waals surface area contributed by atoms with Gasteiger partial charge in [-0.25, -0.2) is 0 Å². The van der Waals surface area contributed by atoms with Gasteiger partial charge in [0, 0.05) is 16.7 Å². The van der Waals surface area contributed by atoms with E-state index in [0.29, 0.717) is 27.3 Å². The maximum atomic E-state index is 12.4. The Kier molecular flexibility index (Phi) is 2.35. The summed E-state index contributed by atoms with van der Waals surface area (Å²) in [5.41, 5.74) is 2.48. The molecule has 88 valence electrons. The van der Waals surface area contributed by atoms with Crippen molar-refractivity contribution in [2.24, 2.45) is 0 Å². The van der Waals surface area contributed by atoms with Gasteiger partial charge < -0.3 is 0 Å². The SMILES string of the molecule is Cc1cccc2c1C(=O)c1cccc(Cl)c1C2=O. The van der Waals surface area contributed by atoms with Crippen molar-refractivity contribution in [3.05, 3.63) is 69.2 Å². The summed E-state index contributed by atoms with van der Waals surface area (Å²) in [6.45, 7) is 1.83. The molecule has 0 saturated carbocycles. The summed E-state index contributed by atoms with van der Waals surface area (Å²) in [5.74, 6) is -0.297. The fraction of sp³-hybridized carbons (Fsp3) is 0.0667. The second kappa shape index (κ2) is 3.79. The standard InChI is InChI=1S/C15H9ClO2/c1-8-4-2-5-9-12(8)14(17)10-6-3-7-11(16)13(10)15(9)18/h2-7H,1H3. The first-order valence-corrected chi connectivity index (χ1v) is 5.96. The highest BCUT2D eigenvalue weighted by Gasteiger charge is 2.31. The molecule has 0 fully saturated rings. The Hall–Kier alpha value is -1.93. The van der Waals surface area contributed by atoms with Crippen molar-refractivity contribution in [3.8, 4) is 0 Å². The lowest BCUT2D eigenvalue weighted by Gasteiger charge is -2.19. The first-order valence-electron chi connectivity index (χ1n) is 5.59. The summed E-state index contributed by atoms with van der Waals surface area (Å²) in [6, 6.07) is 10.3. The van der Waals surface area contributed by atoms with E-state index in [2.05, 4.69) is 0 Å². The van der Waals surface area contributed by atoms with Gasteiger partial charge in [0.25, 0.3) is 0 Å². The van der Waals surface area contributed by atoms with Gasteiger partial charge in [0.1, 0.15) is 0 Å². The normalized spacial score (nSPS) is 13.2. The van der Waals surface area contributed by atoms with Crippen LogP contribution in [0.4, 0.5) is 0 Å². The van der Waals surface area contributed by atoms with Crippen molar-refractivity contribution in [1.29, 1.82) is 0 Å². The lowest BCUT2D eigenvalue weighted by molar-refractivity contribution is 0.0978. The molecule has 0 unspecified atom stereocenters. The van der Waals surface area contributed by atoms with Crippen LogP contribution in [0.5, 0.6) is 0 Å². The van der Waals surface area contributed by atoms with Crippen molar-refractivity contribution in [1.82, 2.24) is 0 Å². The molecule has 0 aliphatic heterocycles. The molecule has 1 aliphatic carbocycles. The Morgan fingerprint density at radius 2 is 1.39 bits per heavy atom. The minimum absolute atomic E-state index is 0.125. The molecule has 0 spiro atoms. The number of hydrogen-bond donors (Lipinski definition) is 0. The molecular formula is C15H9ClO2. The predicted molar refractivity (Wildman–Crippen MR) is 69.5 cm³/mol. The number of aryl methyl sites for hydroxylation is 1. The highest BCUT2D eigenvalue weighted by molar-refractivity contribution is 6.39. The number of halogens is 1. The Labute approximate surface area is 109 Å². The van der Waals surface area contributed by atoms with Crippen molar-refractivity contribution in [3.63, 3.8) is 0 Å². The van der Waals surface area contributed by atoms with Crippen LogP contribution in [0.15, 0.2) is 36.4 Å². The second-order valence-corrected chi connectivity index (χ2v) is 4.73. The minimum atomic E-state index is -0.172.